The zero-order valence-corrected chi connectivity index (χ0v) is 26.4. The highest BCUT2D eigenvalue weighted by atomic mass is 35.5. The first-order valence-corrected chi connectivity index (χ1v) is 18.1. The summed E-state index contributed by atoms with van der Waals surface area (Å²) in [7, 11) is -7.79. The van der Waals surface area contributed by atoms with Crippen molar-refractivity contribution in [3.63, 3.8) is 0 Å². The van der Waals surface area contributed by atoms with Gasteiger partial charge in [0.05, 0.1) is 24.0 Å². The number of hydrogen-bond acceptors (Lipinski definition) is 6. The van der Waals surface area contributed by atoms with Gasteiger partial charge in [-0.2, -0.15) is 0 Å². The third-order valence-corrected chi connectivity index (χ3v) is 10.4. The molecule has 0 aromatic heterocycles. The SMILES string of the molecule is CS(=O)(=O)N[C@H]1CCCC[C@@H]1N1C(=O)c2ccccc2[C@@H](C(=O)NS(=O)(=O)Cc2ccccc2)[C@@H]1c1ccc(Cl)cc1Cl. The van der Waals surface area contributed by atoms with E-state index in [0.717, 1.165) is 19.1 Å². The summed E-state index contributed by atoms with van der Waals surface area (Å²) in [5, 5.41) is 0.520. The molecule has 0 bridgehead atoms. The van der Waals surface area contributed by atoms with Gasteiger partial charge in [0.15, 0.2) is 0 Å². The number of sulfonamides is 2. The average molecular weight is 665 g/mol. The summed E-state index contributed by atoms with van der Waals surface area (Å²) in [5.41, 5.74) is 1.46. The van der Waals surface area contributed by atoms with Crippen LogP contribution in [0.3, 0.4) is 0 Å². The minimum absolute atomic E-state index is 0.183. The van der Waals surface area contributed by atoms with Crippen LogP contribution in [0, 0.1) is 0 Å². The van der Waals surface area contributed by atoms with Crippen molar-refractivity contribution in [2.45, 2.75) is 55.5 Å². The van der Waals surface area contributed by atoms with Crippen molar-refractivity contribution in [1.29, 1.82) is 0 Å². The van der Waals surface area contributed by atoms with Crippen LogP contribution in [0.5, 0.6) is 0 Å². The molecule has 3 aromatic carbocycles. The van der Waals surface area contributed by atoms with Crippen LogP contribution < -0.4 is 9.44 Å². The molecule has 3 aromatic rings. The lowest BCUT2D eigenvalue weighted by molar-refractivity contribution is -0.122. The summed E-state index contributed by atoms with van der Waals surface area (Å²) in [5.74, 6) is -2.86. The fraction of sp³-hybridized carbons (Fsp3) is 0.333. The maximum absolute atomic E-state index is 14.3. The molecule has 1 aliphatic heterocycles. The number of halogens is 2. The second-order valence-corrected chi connectivity index (χ2v) is 15.3. The summed E-state index contributed by atoms with van der Waals surface area (Å²) in [6.07, 6.45) is 3.47. The average Bonchev–Trinajstić information content (AvgIpc) is 2.93. The van der Waals surface area contributed by atoms with Gasteiger partial charge in [-0.25, -0.2) is 21.6 Å². The van der Waals surface area contributed by atoms with Gasteiger partial charge >= 0.3 is 0 Å². The van der Waals surface area contributed by atoms with Gasteiger partial charge in [-0.15, -0.1) is 0 Å². The van der Waals surface area contributed by atoms with E-state index in [-0.39, 0.29) is 10.6 Å². The lowest BCUT2D eigenvalue weighted by Gasteiger charge is -2.49. The molecule has 1 aliphatic carbocycles. The highest BCUT2D eigenvalue weighted by molar-refractivity contribution is 7.89. The molecular formula is C30H31Cl2N3O6S2. The molecule has 13 heteroatoms. The van der Waals surface area contributed by atoms with Gasteiger partial charge in [0.1, 0.15) is 0 Å². The highest BCUT2D eigenvalue weighted by Crippen LogP contribution is 2.48. The number of nitrogens with zero attached hydrogens (tertiary/aromatic N) is 1. The van der Waals surface area contributed by atoms with E-state index in [0.29, 0.717) is 34.6 Å². The normalized spacial score (nSPS) is 22.6. The van der Waals surface area contributed by atoms with Gasteiger partial charge in [-0.1, -0.05) is 90.6 Å². The maximum atomic E-state index is 14.3. The third kappa shape index (κ3) is 7.07. The number of fused-ring (bicyclic) bond motifs is 1. The number of rotatable bonds is 8. The van der Waals surface area contributed by atoms with Crippen LogP contribution in [0.25, 0.3) is 0 Å². The summed E-state index contributed by atoms with van der Waals surface area (Å²) in [6.45, 7) is 0. The van der Waals surface area contributed by atoms with E-state index in [9.17, 15) is 26.4 Å². The Hall–Kier alpha value is -2.96. The summed E-state index contributed by atoms with van der Waals surface area (Å²) < 4.78 is 56.1. The molecule has 0 spiro atoms. The Labute approximate surface area is 261 Å². The van der Waals surface area contributed by atoms with Crippen LogP contribution in [0.4, 0.5) is 0 Å². The van der Waals surface area contributed by atoms with Gasteiger partial charge in [0.2, 0.25) is 26.0 Å². The predicted molar refractivity (Wildman–Crippen MR) is 166 cm³/mol. The molecule has 43 heavy (non-hydrogen) atoms. The van der Waals surface area contributed by atoms with Crippen LogP contribution in [-0.2, 0) is 30.6 Å². The van der Waals surface area contributed by atoms with Crippen LogP contribution in [0.15, 0.2) is 72.8 Å². The van der Waals surface area contributed by atoms with Crippen molar-refractivity contribution in [3.8, 4) is 0 Å². The van der Waals surface area contributed by atoms with Gasteiger partial charge in [-0.3, -0.25) is 14.3 Å². The first-order valence-electron chi connectivity index (χ1n) is 13.8. The van der Waals surface area contributed by atoms with Gasteiger partial charge in [0.25, 0.3) is 5.91 Å². The number of carbonyl (C=O) groups is 2. The number of hydrogen-bond donors (Lipinski definition) is 2. The number of carbonyl (C=O) groups excluding carboxylic acids is 2. The largest absolute Gasteiger partial charge is 0.326 e. The number of amides is 2. The predicted octanol–water partition coefficient (Wildman–Crippen LogP) is 4.78. The van der Waals surface area contributed by atoms with Crippen molar-refractivity contribution >= 4 is 55.1 Å². The lowest BCUT2D eigenvalue weighted by atomic mass is 9.76. The molecule has 1 fully saturated rings. The summed E-state index contributed by atoms with van der Waals surface area (Å²) in [6, 6.07) is 17.4. The summed E-state index contributed by atoms with van der Waals surface area (Å²) in [4.78, 5) is 30.0. The van der Waals surface area contributed by atoms with Gasteiger partial charge < -0.3 is 4.90 Å². The first kappa shape index (κ1) is 31.5. The molecule has 9 nitrogen and oxygen atoms in total. The van der Waals surface area contributed by atoms with Crippen LogP contribution in [0.1, 0.15) is 64.7 Å². The van der Waals surface area contributed by atoms with Crippen LogP contribution in [0.2, 0.25) is 10.0 Å². The Morgan fingerprint density at radius 2 is 1.58 bits per heavy atom. The fourth-order valence-corrected chi connectivity index (χ4v) is 8.66. The summed E-state index contributed by atoms with van der Waals surface area (Å²) >= 11 is 12.9. The van der Waals surface area contributed by atoms with Crippen molar-refractivity contribution < 1.29 is 26.4 Å². The molecule has 228 valence electrons. The molecule has 0 saturated heterocycles. The second kappa shape index (κ2) is 12.6. The Bertz CT molecular complexity index is 1750. The zero-order chi connectivity index (χ0) is 30.9. The van der Waals surface area contributed by atoms with Crippen molar-refractivity contribution in [1.82, 2.24) is 14.3 Å². The molecule has 2 N–H and O–H groups in total. The molecule has 4 atom stereocenters. The van der Waals surface area contributed by atoms with E-state index in [4.69, 9.17) is 23.2 Å². The first-order chi connectivity index (χ1) is 20.3. The number of benzene rings is 3. The minimum Gasteiger partial charge on any atom is -0.326 e. The van der Waals surface area contributed by atoms with E-state index < -0.39 is 61.7 Å². The molecule has 2 aliphatic rings. The molecule has 0 unspecified atom stereocenters. The maximum Gasteiger partial charge on any atom is 0.255 e. The molecule has 1 saturated carbocycles. The van der Waals surface area contributed by atoms with Crippen molar-refractivity contribution in [2.75, 3.05) is 6.26 Å². The van der Waals surface area contributed by atoms with Gasteiger partial charge in [-0.05, 0) is 47.7 Å². The van der Waals surface area contributed by atoms with Crippen molar-refractivity contribution in [3.05, 3.63) is 105 Å². The van der Waals surface area contributed by atoms with E-state index in [1.54, 1.807) is 66.7 Å². The minimum atomic E-state index is -4.15. The van der Waals surface area contributed by atoms with E-state index in [1.165, 1.54) is 11.0 Å². The topological polar surface area (TPSA) is 130 Å². The smallest absolute Gasteiger partial charge is 0.255 e. The molecule has 5 rings (SSSR count). The highest BCUT2D eigenvalue weighted by Gasteiger charge is 2.49. The Balaban J connectivity index is 1.65. The van der Waals surface area contributed by atoms with E-state index >= 15 is 0 Å². The second-order valence-electron chi connectivity index (χ2n) is 10.9. The Kier molecular flexibility index (Phi) is 9.20. The fourth-order valence-electron chi connectivity index (χ4n) is 6.17. The van der Waals surface area contributed by atoms with Gasteiger partial charge in [0, 0.05) is 27.7 Å². The molecular weight excluding hydrogens is 633 g/mol. The monoisotopic (exact) mass is 663 g/mol. The Morgan fingerprint density at radius 3 is 2.28 bits per heavy atom. The molecule has 2 amide bonds. The van der Waals surface area contributed by atoms with Crippen LogP contribution in [-0.4, -0.2) is 51.9 Å². The molecule has 1 heterocycles. The number of nitrogens with one attached hydrogen (secondary N) is 2. The van der Waals surface area contributed by atoms with Crippen LogP contribution >= 0.6 is 23.2 Å². The van der Waals surface area contributed by atoms with Crippen molar-refractivity contribution in [2.24, 2.45) is 0 Å². The zero-order valence-electron chi connectivity index (χ0n) is 23.2. The Morgan fingerprint density at radius 1 is 0.907 bits per heavy atom. The third-order valence-electron chi connectivity index (χ3n) is 7.85. The van der Waals surface area contributed by atoms with E-state index in [1.807, 2.05) is 0 Å². The quantitative estimate of drug-likeness (QED) is 0.357. The lowest BCUT2D eigenvalue weighted by Crippen LogP contribution is -2.59. The van der Waals surface area contributed by atoms with E-state index in [2.05, 4.69) is 9.44 Å². The standard InChI is InChI=1S/C30H31Cl2N3O6S2/c1-42(38,39)33-25-13-7-8-14-26(25)35-28(23-16-15-20(31)17-24(23)32)27(21-11-5-6-12-22(21)30(35)37)29(36)34-43(40,41)18-19-9-3-2-4-10-19/h2-6,9-12,15-17,25-28,33H,7-8,13-14,18H2,1H3,(H,34,36)/t25-,26-,27+,28-/m0/s1. The molecule has 0 radical (unpaired) electrons.